The van der Waals surface area contributed by atoms with Crippen LogP contribution in [0.1, 0.15) is 40.5 Å². The van der Waals surface area contributed by atoms with Crippen LogP contribution < -0.4 is 0 Å². The van der Waals surface area contributed by atoms with E-state index in [-0.39, 0.29) is 11.9 Å². The van der Waals surface area contributed by atoms with Gasteiger partial charge < -0.3 is 9.32 Å². The number of pyridine rings is 1. The normalized spacial score (nSPS) is 16.9. The standard InChI is InChI=1S/C20H17BrN4O2/c1-11-15-5-6-18-19(22-12(2)27-18)16(15)7-8-24(11)20(26)17-9-14-4-3-13(21)10-25(14)23-17/h3-6,9-11H,7-8H2,1-2H3. The van der Waals surface area contributed by atoms with Crippen molar-refractivity contribution in [1.29, 1.82) is 0 Å². The third kappa shape index (κ3) is 2.56. The zero-order valence-corrected chi connectivity index (χ0v) is 16.5. The minimum absolute atomic E-state index is 0.0424. The van der Waals surface area contributed by atoms with E-state index in [1.54, 1.807) is 4.52 Å². The van der Waals surface area contributed by atoms with Crippen LogP contribution in [0.3, 0.4) is 0 Å². The zero-order valence-electron chi connectivity index (χ0n) is 14.9. The third-order valence-electron chi connectivity index (χ3n) is 5.23. The van der Waals surface area contributed by atoms with Crippen LogP contribution >= 0.6 is 15.9 Å². The molecule has 0 fully saturated rings. The van der Waals surface area contributed by atoms with Crippen LogP contribution in [-0.2, 0) is 6.42 Å². The lowest BCUT2D eigenvalue weighted by Gasteiger charge is -2.34. The van der Waals surface area contributed by atoms with Crippen molar-refractivity contribution in [2.24, 2.45) is 0 Å². The summed E-state index contributed by atoms with van der Waals surface area (Å²) >= 11 is 3.43. The Morgan fingerprint density at radius 1 is 1.30 bits per heavy atom. The summed E-state index contributed by atoms with van der Waals surface area (Å²) in [5.74, 6) is 0.616. The van der Waals surface area contributed by atoms with Crippen LogP contribution in [0.4, 0.5) is 0 Å². The molecule has 1 aliphatic heterocycles. The average Bonchev–Trinajstić information content (AvgIpc) is 3.23. The molecule has 1 amide bonds. The van der Waals surface area contributed by atoms with Gasteiger partial charge >= 0.3 is 0 Å². The second-order valence-corrected chi connectivity index (χ2v) is 7.80. The number of benzene rings is 1. The summed E-state index contributed by atoms with van der Waals surface area (Å²) < 4.78 is 8.29. The predicted molar refractivity (Wildman–Crippen MR) is 105 cm³/mol. The van der Waals surface area contributed by atoms with E-state index in [2.05, 4.69) is 32.9 Å². The highest BCUT2D eigenvalue weighted by atomic mass is 79.9. The Hall–Kier alpha value is -2.67. The fourth-order valence-corrected chi connectivity index (χ4v) is 4.24. The molecule has 0 bridgehead atoms. The smallest absolute Gasteiger partial charge is 0.274 e. The highest BCUT2D eigenvalue weighted by Crippen LogP contribution is 2.35. The molecule has 5 rings (SSSR count). The number of nitrogens with zero attached hydrogens (tertiary/aromatic N) is 4. The Bertz CT molecular complexity index is 1210. The van der Waals surface area contributed by atoms with Crippen molar-refractivity contribution in [3.05, 3.63) is 63.7 Å². The van der Waals surface area contributed by atoms with Crippen molar-refractivity contribution in [1.82, 2.24) is 19.5 Å². The van der Waals surface area contributed by atoms with Crippen molar-refractivity contribution in [2.75, 3.05) is 6.54 Å². The maximum absolute atomic E-state index is 13.1. The summed E-state index contributed by atoms with van der Waals surface area (Å²) in [5.41, 5.74) is 5.39. The quantitative estimate of drug-likeness (QED) is 0.456. The van der Waals surface area contributed by atoms with Gasteiger partial charge in [0.1, 0.15) is 5.52 Å². The number of fused-ring (bicyclic) bond motifs is 4. The van der Waals surface area contributed by atoms with Gasteiger partial charge in [0, 0.05) is 24.1 Å². The summed E-state index contributed by atoms with van der Waals surface area (Å²) in [6.45, 7) is 4.55. The molecule has 3 aromatic heterocycles. The first kappa shape index (κ1) is 16.5. The molecule has 1 aromatic carbocycles. The molecule has 0 aliphatic carbocycles. The molecule has 1 atom stereocenters. The van der Waals surface area contributed by atoms with E-state index in [1.165, 1.54) is 5.56 Å². The molecule has 4 heterocycles. The lowest BCUT2D eigenvalue weighted by atomic mass is 9.92. The second-order valence-electron chi connectivity index (χ2n) is 6.88. The summed E-state index contributed by atoms with van der Waals surface area (Å²) in [6, 6.07) is 9.66. The molecule has 6 nitrogen and oxygen atoms in total. The van der Waals surface area contributed by atoms with Crippen LogP contribution in [0.25, 0.3) is 16.6 Å². The van der Waals surface area contributed by atoms with Crippen molar-refractivity contribution in [3.8, 4) is 0 Å². The monoisotopic (exact) mass is 424 g/mol. The first-order valence-corrected chi connectivity index (χ1v) is 9.65. The van der Waals surface area contributed by atoms with E-state index in [9.17, 15) is 4.79 Å². The number of aryl methyl sites for hydroxylation is 1. The maximum atomic E-state index is 13.1. The zero-order chi connectivity index (χ0) is 18.7. The van der Waals surface area contributed by atoms with Gasteiger partial charge in [-0.15, -0.1) is 0 Å². The molecular weight excluding hydrogens is 408 g/mol. The second kappa shape index (κ2) is 5.92. The first-order chi connectivity index (χ1) is 13.0. The SMILES string of the molecule is Cc1nc2c3c(ccc2o1)C(C)N(C(=O)c1cc2ccc(Br)cn2n1)CC3. The number of hydrogen-bond donors (Lipinski definition) is 0. The van der Waals surface area contributed by atoms with Crippen LogP contribution in [-0.4, -0.2) is 31.9 Å². The summed E-state index contributed by atoms with van der Waals surface area (Å²) in [6.07, 6.45) is 2.61. The van der Waals surface area contributed by atoms with Gasteiger partial charge in [-0.05, 0) is 64.7 Å². The summed E-state index contributed by atoms with van der Waals surface area (Å²) in [7, 11) is 0. The largest absolute Gasteiger partial charge is 0.441 e. The van der Waals surface area contributed by atoms with Crippen molar-refractivity contribution < 1.29 is 9.21 Å². The number of carbonyl (C=O) groups is 1. The van der Waals surface area contributed by atoms with Crippen molar-refractivity contribution in [2.45, 2.75) is 26.3 Å². The molecule has 0 radical (unpaired) electrons. The van der Waals surface area contributed by atoms with Crippen LogP contribution in [0.5, 0.6) is 0 Å². The highest BCUT2D eigenvalue weighted by molar-refractivity contribution is 9.10. The minimum Gasteiger partial charge on any atom is -0.441 e. The molecule has 27 heavy (non-hydrogen) atoms. The Morgan fingerprint density at radius 3 is 3.00 bits per heavy atom. The summed E-state index contributed by atoms with van der Waals surface area (Å²) in [4.78, 5) is 19.6. The Morgan fingerprint density at radius 2 is 2.15 bits per heavy atom. The number of amides is 1. The fraction of sp³-hybridized carbons (Fsp3) is 0.250. The summed E-state index contributed by atoms with van der Waals surface area (Å²) in [5, 5.41) is 4.46. The van der Waals surface area contributed by atoms with Gasteiger partial charge in [0.15, 0.2) is 17.2 Å². The highest BCUT2D eigenvalue weighted by Gasteiger charge is 2.31. The Labute approximate surface area is 163 Å². The number of hydrogen-bond acceptors (Lipinski definition) is 4. The topological polar surface area (TPSA) is 63.6 Å². The van der Waals surface area contributed by atoms with Gasteiger partial charge in [-0.3, -0.25) is 4.79 Å². The van der Waals surface area contributed by atoms with Crippen molar-refractivity contribution in [3.63, 3.8) is 0 Å². The molecule has 136 valence electrons. The molecule has 0 N–H and O–H groups in total. The van der Waals surface area contributed by atoms with E-state index in [4.69, 9.17) is 4.42 Å². The maximum Gasteiger partial charge on any atom is 0.274 e. The Balaban J connectivity index is 1.52. The van der Waals surface area contributed by atoms with Gasteiger partial charge in [0.25, 0.3) is 5.91 Å². The molecule has 7 heteroatoms. The fourth-order valence-electron chi connectivity index (χ4n) is 3.91. The molecule has 4 aromatic rings. The molecule has 1 unspecified atom stereocenters. The molecule has 0 spiro atoms. The van der Waals surface area contributed by atoms with E-state index >= 15 is 0 Å². The van der Waals surface area contributed by atoms with Gasteiger partial charge in [0.05, 0.1) is 11.6 Å². The Kier molecular flexibility index (Phi) is 3.62. The van der Waals surface area contributed by atoms with Gasteiger partial charge in [-0.1, -0.05) is 6.07 Å². The van der Waals surface area contributed by atoms with Gasteiger partial charge in [-0.25, -0.2) is 9.50 Å². The van der Waals surface area contributed by atoms with Gasteiger partial charge in [-0.2, -0.15) is 5.10 Å². The van der Waals surface area contributed by atoms with E-state index in [0.717, 1.165) is 33.1 Å². The number of oxazole rings is 1. The minimum atomic E-state index is -0.0515. The number of aromatic nitrogens is 3. The van der Waals surface area contributed by atoms with Gasteiger partial charge in [0.2, 0.25) is 0 Å². The average molecular weight is 425 g/mol. The van der Waals surface area contributed by atoms with Crippen LogP contribution in [0, 0.1) is 6.92 Å². The van der Waals surface area contributed by atoms with Crippen molar-refractivity contribution >= 4 is 38.5 Å². The molecule has 0 saturated carbocycles. The molecular formula is C20H17BrN4O2. The number of rotatable bonds is 1. The first-order valence-electron chi connectivity index (χ1n) is 8.86. The number of carbonyl (C=O) groups excluding carboxylic acids is 1. The predicted octanol–water partition coefficient (Wildman–Crippen LogP) is 4.31. The van der Waals surface area contributed by atoms with E-state index in [0.29, 0.717) is 18.1 Å². The molecule has 1 aliphatic rings. The lowest BCUT2D eigenvalue weighted by molar-refractivity contribution is 0.0671. The van der Waals surface area contributed by atoms with Crippen LogP contribution in [0.15, 0.2) is 45.4 Å². The van der Waals surface area contributed by atoms with E-state index < -0.39 is 0 Å². The number of halogens is 1. The van der Waals surface area contributed by atoms with E-state index in [1.807, 2.05) is 48.4 Å². The lowest BCUT2D eigenvalue weighted by Crippen LogP contribution is -2.39. The van der Waals surface area contributed by atoms with Crippen LogP contribution in [0.2, 0.25) is 0 Å². The third-order valence-corrected chi connectivity index (χ3v) is 5.70. The molecule has 0 saturated heterocycles.